The van der Waals surface area contributed by atoms with Gasteiger partial charge in [-0.3, -0.25) is 0 Å². The van der Waals surface area contributed by atoms with Crippen LogP contribution in [0.1, 0.15) is 26.2 Å². The zero-order valence-corrected chi connectivity index (χ0v) is 17.6. The molecule has 1 nitrogen and oxygen atoms in total. The van der Waals surface area contributed by atoms with Crippen LogP contribution < -0.4 is 28.3 Å². The second-order valence-corrected chi connectivity index (χ2v) is 9.99. The molecule has 0 saturated heterocycles. The highest BCUT2D eigenvalue weighted by Crippen LogP contribution is 2.55. The molecule has 0 atom stereocenters. The number of hydrogen-bond acceptors (Lipinski definition) is 1. The van der Waals surface area contributed by atoms with Gasteiger partial charge in [0.2, 0.25) is 0 Å². The van der Waals surface area contributed by atoms with E-state index in [9.17, 15) is 0 Å². The minimum atomic E-state index is -1.82. The van der Waals surface area contributed by atoms with Gasteiger partial charge in [-0.1, -0.05) is 74.4 Å². The van der Waals surface area contributed by atoms with Crippen LogP contribution in [0.4, 0.5) is 0 Å². The maximum absolute atomic E-state index is 6.31. The third-order valence-corrected chi connectivity index (χ3v) is 8.88. The number of ether oxygens (including phenoxy) is 1. The summed E-state index contributed by atoms with van der Waals surface area (Å²) in [5.41, 5.74) is 0. The summed E-state index contributed by atoms with van der Waals surface area (Å²) >= 11 is 0. The van der Waals surface area contributed by atoms with Crippen LogP contribution in [-0.4, -0.2) is 13.0 Å². The summed E-state index contributed by atoms with van der Waals surface area (Å²) in [7, 11) is -1.82. The Morgan fingerprint density at radius 3 is 1.41 bits per heavy atom. The molecule has 0 aliphatic carbocycles. The summed E-state index contributed by atoms with van der Waals surface area (Å²) in [4.78, 5) is 0. The van der Waals surface area contributed by atoms with Gasteiger partial charge in [0.25, 0.3) is 0 Å². The number of halogens is 1. The maximum Gasteiger partial charge on any atom is 0.171 e. The third-order valence-electron chi connectivity index (χ3n) is 4.77. The van der Waals surface area contributed by atoms with Gasteiger partial charge < -0.3 is 17.1 Å². The molecule has 0 aliphatic heterocycles. The van der Waals surface area contributed by atoms with Gasteiger partial charge in [-0.25, -0.2) is 0 Å². The summed E-state index contributed by atoms with van der Waals surface area (Å²) in [6.45, 7) is 3.07. The van der Waals surface area contributed by atoms with Crippen molar-refractivity contribution in [2.45, 2.75) is 26.2 Å². The minimum Gasteiger partial charge on any atom is -1.00 e. The van der Waals surface area contributed by atoms with Gasteiger partial charge >= 0.3 is 0 Å². The molecule has 0 spiro atoms. The highest BCUT2D eigenvalue weighted by Gasteiger charge is 2.45. The Labute approximate surface area is 170 Å². The average molecular weight is 399 g/mol. The fraction of sp³-hybridized carbons (Fsp3) is 0.250. The summed E-state index contributed by atoms with van der Waals surface area (Å²) in [5.74, 6) is 0. The van der Waals surface area contributed by atoms with Gasteiger partial charge in [0.1, 0.15) is 23.2 Å². The van der Waals surface area contributed by atoms with Crippen LogP contribution in [0.15, 0.2) is 91.0 Å². The minimum absolute atomic E-state index is 0. The van der Waals surface area contributed by atoms with Crippen molar-refractivity contribution < 1.29 is 17.1 Å². The summed E-state index contributed by atoms with van der Waals surface area (Å²) in [5, 5.41) is 4.15. The molecule has 0 saturated carbocycles. The van der Waals surface area contributed by atoms with Crippen molar-refractivity contribution in [3.05, 3.63) is 91.0 Å². The molecule has 0 aliphatic rings. The van der Waals surface area contributed by atoms with Crippen LogP contribution in [-0.2, 0) is 4.74 Å². The Balaban J connectivity index is 0.00000261. The first-order chi connectivity index (χ1) is 12.9. The molecule has 27 heavy (non-hydrogen) atoms. The lowest BCUT2D eigenvalue weighted by atomic mass is 10.3. The van der Waals surface area contributed by atoms with E-state index in [4.69, 9.17) is 4.74 Å². The molecule has 3 heteroatoms. The molecule has 0 N–H and O–H groups in total. The molecule has 0 unspecified atom stereocenters. The standard InChI is InChI=1S/C24H28OP.ClH/c1-2-3-13-20-25-21-26(22-14-7-4-8-15-22,23-16-9-5-10-17-23)24-18-11-6-12-19-24;/h4-12,14-19H,2-3,13,20-21H2,1H3;1H/q+1;/p-1. The van der Waals surface area contributed by atoms with E-state index >= 15 is 0 Å². The molecule has 3 aromatic rings. The smallest absolute Gasteiger partial charge is 0.171 e. The van der Waals surface area contributed by atoms with Crippen LogP contribution in [0, 0.1) is 0 Å². The molecule has 142 valence electrons. The Bertz CT molecular complexity index is 665. The Kier molecular flexibility index (Phi) is 9.01. The lowest BCUT2D eigenvalue weighted by molar-refractivity contribution is -0.00000559. The van der Waals surface area contributed by atoms with Crippen molar-refractivity contribution in [3.63, 3.8) is 0 Å². The van der Waals surface area contributed by atoms with E-state index in [-0.39, 0.29) is 12.4 Å². The highest BCUT2D eigenvalue weighted by atomic mass is 35.5. The first-order valence-corrected chi connectivity index (χ1v) is 11.5. The fourth-order valence-corrected chi connectivity index (χ4v) is 7.16. The Hall–Kier alpha value is -1.66. The van der Waals surface area contributed by atoms with Gasteiger partial charge in [-0.2, -0.15) is 0 Å². The van der Waals surface area contributed by atoms with Gasteiger partial charge in [0.05, 0.1) is 6.61 Å². The Morgan fingerprint density at radius 1 is 0.630 bits per heavy atom. The lowest BCUT2D eigenvalue weighted by Gasteiger charge is -2.27. The average Bonchev–Trinajstić information content (AvgIpc) is 2.73. The second kappa shape index (κ2) is 11.2. The zero-order chi connectivity index (χ0) is 18.1. The van der Waals surface area contributed by atoms with E-state index in [1.807, 2.05) is 0 Å². The van der Waals surface area contributed by atoms with E-state index < -0.39 is 7.26 Å². The molecule has 3 rings (SSSR count). The highest BCUT2D eigenvalue weighted by molar-refractivity contribution is 7.95. The molecule has 0 fully saturated rings. The van der Waals surface area contributed by atoms with Crippen LogP contribution in [0.5, 0.6) is 0 Å². The number of hydrogen-bond donors (Lipinski definition) is 0. The molecule has 0 bridgehead atoms. The maximum atomic E-state index is 6.31. The quantitative estimate of drug-likeness (QED) is 0.396. The SMILES string of the molecule is CCCCCOC[P+](c1ccccc1)(c1ccccc1)c1ccccc1.[Cl-]. The largest absolute Gasteiger partial charge is 1.00 e. The third kappa shape index (κ3) is 5.20. The number of benzene rings is 3. The Morgan fingerprint density at radius 2 is 1.04 bits per heavy atom. The topological polar surface area (TPSA) is 9.23 Å². The zero-order valence-electron chi connectivity index (χ0n) is 15.9. The van der Waals surface area contributed by atoms with Gasteiger partial charge in [0.15, 0.2) is 6.35 Å². The second-order valence-electron chi connectivity index (χ2n) is 6.56. The number of unbranched alkanes of at least 4 members (excludes halogenated alkanes) is 2. The molecular weight excluding hydrogens is 371 g/mol. The first kappa shape index (κ1) is 21.6. The van der Waals surface area contributed by atoms with Crippen LogP contribution >= 0.6 is 7.26 Å². The fourth-order valence-electron chi connectivity index (χ4n) is 3.37. The van der Waals surface area contributed by atoms with E-state index in [1.54, 1.807) is 0 Å². The molecule has 0 amide bonds. The van der Waals surface area contributed by atoms with Crippen LogP contribution in [0.2, 0.25) is 0 Å². The van der Waals surface area contributed by atoms with E-state index in [2.05, 4.69) is 97.9 Å². The van der Waals surface area contributed by atoms with E-state index in [0.717, 1.165) is 19.4 Å². The van der Waals surface area contributed by atoms with Crippen molar-refractivity contribution in [2.24, 2.45) is 0 Å². The van der Waals surface area contributed by atoms with Crippen molar-refractivity contribution in [2.75, 3.05) is 13.0 Å². The molecule has 3 aromatic carbocycles. The van der Waals surface area contributed by atoms with Gasteiger partial charge in [-0.05, 0) is 42.8 Å². The lowest BCUT2D eigenvalue weighted by Crippen LogP contribution is -3.00. The molecule has 0 heterocycles. The van der Waals surface area contributed by atoms with Gasteiger partial charge in [0, 0.05) is 0 Å². The first-order valence-electron chi connectivity index (χ1n) is 9.50. The van der Waals surface area contributed by atoms with Crippen LogP contribution in [0.3, 0.4) is 0 Å². The molecular formula is C24H28ClOP. The summed E-state index contributed by atoms with van der Waals surface area (Å²) < 4.78 is 6.31. The number of rotatable bonds is 9. The molecule has 0 aromatic heterocycles. The van der Waals surface area contributed by atoms with E-state index in [0.29, 0.717) is 0 Å². The van der Waals surface area contributed by atoms with E-state index in [1.165, 1.54) is 28.8 Å². The predicted molar refractivity (Wildman–Crippen MR) is 115 cm³/mol. The predicted octanol–water partition coefficient (Wildman–Crippen LogP) is 2.15. The van der Waals surface area contributed by atoms with Gasteiger partial charge in [-0.15, -0.1) is 0 Å². The van der Waals surface area contributed by atoms with Crippen molar-refractivity contribution in [1.29, 1.82) is 0 Å². The monoisotopic (exact) mass is 398 g/mol. The summed E-state index contributed by atoms with van der Waals surface area (Å²) in [6, 6.07) is 32.8. The van der Waals surface area contributed by atoms with Crippen LogP contribution in [0.25, 0.3) is 0 Å². The molecule has 0 radical (unpaired) electrons. The van der Waals surface area contributed by atoms with Crippen molar-refractivity contribution in [3.8, 4) is 0 Å². The normalized spacial score (nSPS) is 11.0. The van der Waals surface area contributed by atoms with Crippen molar-refractivity contribution in [1.82, 2.24) is 0 Å². The van der Waals surface area contributed by atoms with Crippen molar-refractivity contribution >= 4 is 23.2 Å². The summed E-state index contributed by atoms with van der Waals surface area (Å²) in [6.07, 6.45) is 4.34.